The predicted molar refractivity (Wildman–Crippen MR) is 100 cm³/mol. The fraction of sp³-hybridized carbons (Fsp3) is 0.667. The molecule has 0 amide bonds. The van der Waals surface area contributed by atoms with Gasteiger partial charge in [0.25, 0.3) is 0 Å². The van der Waals surface area contributed by atoms with Gasteiger partial charge in [0.1, 0.15) is 72.4 Å². The van der Waals surface area contributed by atoms with Crippen molar-refractivity contribution in [2.75, 3.05) is 13.2 Å². The average molecular weight is 452 g/mol. The van der Waals surface area contributed by atoms with Gasteiger partial charge in [0, 0.05) is 0 Å². The molecule has 0 unspecified atom stereocenters. The highest BCUT2D eigenvalue weighted by atomic mass is 32.1. The van der Waals surface area contributed by atoms with Gasteiger partial charge in [-0.3, -0.25) is 0 Å². The maximum atomic E-state index is 13.0. The number of hydrogen-bond acceptors (Lipinski definition) is 11. The first-order valence-corrected chi connectivity index (χ1v) is 9.78. The van der Waals surface area contributed by atoms with Crippen molar-refractivity contribution in [3.05, 3.63) is 30.1 Å². The van der Waals surface area contributed by atoms with Crippen LogP contribution in [-0.4, -0.2) is 104 Å². The summed E-state index contributed by atoms with van der Waals surface area (Å²) in [4.78, 5) is 0. The highest BCUT2D eigenvalue weighted by Gasteiger charge is 2.50. The largest absolute Gasteiger partial charge is 0.491 e. The molecule has 30 heavy (non-hydrogen) atoms. The van der Waals surface area contributed by atoms with Crippen molar-refractivity contribution in [1.82, 2.24) is 0 Å². The zero-order chi connectivity index (χ0) is 22.0. The first-order valence-electron chi connectivity index (χ1n) is 9.27. The van der Waals surface area contributed by atoms with Crippen molar-refractivity contribution in [2.24, 2.45) is 0 Å². The van der Waals surface area contributed by atoms with Gasteiger partial charge in [-0.05, 0) is 24.3 Å². The number of benzene rings is 1. The van der Waals surface area contributed by atoms with Crippen LogP contribution in [0.1, 0.15) is 0 Å². The molecule has 2 fully saturated rings. The minimum atomic E-state index is -1.71. The first kappa shape index (κ1) is 23.6. The molecule has 0 spiro atoms. The van der Waals surface area contributed by atoms with Crippen LogP contribution in [0.2, 0.25) is 0 Å². The zero-order valence-corrected chi connectivity index (χ0v) is 16.5. The van der Waals surface area contributed by atoms with E-state index in [1.54, 1.807) is 0 Å². The van der Waals surface area contributed by atoms with Gasteiger partial charge in [0.2, 0.25) is 0 Å². The predicted octanol–water partition coefficient (Wildman–Crippen LogP) is -2.23. The normalized spacial score (nSPS) is 42.1. The molecule has 0 aromatic heterocycles. The van der Waals surface area contributed by atoms with E-state index in [2.05, 4.69) is 12.6 Å². The highest BCUT2D eigenvalue weighted by molar-refractivity contribution is 7.80. The summed E-state index contributed by atoms with van der Waals surface area (Å²) >= 11 is 4.07. The Kier molecular flexibility index (Phi) is 7.90. The molecule has 10 nitrogen and oxygen atoms in total. The lowest BCUT2D eigenvalue weighted by Gasteiger charge is -2.45. The Morgan fingerprint density at radius 2 is 1.53 bits per heavy atom. The van der Waals surface area contributed by atoms with Crippen molar-refractivity contribution in [3.63, 3.8) is 0 Å². The monoisotopic (exact) mass is 452 g/mol. The Morgan fingerprint density at radius 1 is 0.867 bits per heavy atom. The minimum Gasteiger partial charge on any atom is -0.491 e. The lowest BCUT2D eigenvalue weighted by Crippen LogP contribution is -2.64. The summed E-state index contributed by atoms with van der Waals surface area (Å²) in [6, 6.07) is 5.15. The van der Waals surface area contributed by atoms with Crippen molar-refractivity contribution in [1.29, 1.82) is 0 Å². The number of thiol groups is 1. The molecule has 2 saturated heterocycles. The third-order valence-corrected chi connectivity index (χ3v) is 5.45. The Hall–Kier alpha value is -1.06. The molecule has 12 heteroatoms. The summed E-state index contributed by atoms with van der Waals surface area (Å²) in [6.07, 6.45) is -13.0. The second-order valence-corrected chi connectivity index (χ2v) is 7.62. The van der Waals surface area contributed by atoms with Crippen molar-refractivity contribution in [2.45, 2.75) is 60.6 Å². The molecule has 0 aliphatic carbocycles. The van der Waals surface area contributed by atoms with E-state index in [9.17, 15) is 35.0 Å². The zero-order valence-electron chi connectivity index (χ0n) is 15.6. The number of rotatable bonds is 6. The summed E-state index contributed by atoms with van der Waals surface area (Å²) < 4.78 is 35.0. The number of aliphatic hydroxyl groups is 6. The molecule has 0 bridgehead atoms. The molecule has 170 valence electrons. The summed E-state index contributed by atoms with van der Waals surface area (Å²) in [5, 5.41) is 59.8. The number of aliphatic hydroxyl groups excluding tert-OH is 6. The third kappa shape index (κ3) is 5.05. The van der Waals surface area contributed by atoms with Crippen LogP contribution < -0.4 is 4.74 Å². The van der Waals surface area contributed by atoms with Crippen LogP contribution in [0.15, 0.2) is 24.3 Å². The molecule has 2 aliphatic heterocycles. The lowest BCUT2D eigenvalue weighted by atomic mass is 9.97. The number of ether oxygens (including phenoxy) is 4. The van der Waals surface area contributed by atoms with Gasteiger partial charge >= 0.3 is 0 Å². The van der Waals surface area contributed by atoms with Crippen LogP contribution in [0.25, 0.3) is 0 Å². The van der Waals surface area contributed by atoms with Crippen molar-refractivity contribution in [3.8, 4) is 5.75 Å². The summed E-state index contributed by atoms with van der Waals surface area (Å²) in [7, 11) is 0. The quantitative estimate of drug-likeness (QED) is 0.236. The standard InChI is InChI=1S/C18H25FO10S/c19-7-1-3-8(4-2-7)26-6-10-16(13(23)15(25)18(30)28-10)29-17-14(24)12(22)11(21)9(5-20)27-17/h1-4,9-18,20-25,30H,5-6H2/t9-,10-,11-,12+,13-,14-,15-,16-,17+,18+/m1/s1. The molecular weight excluding hydrogens is 427 g/mol. The van der Waals surface area contributed by atoms with Crippen LogP contribution in [0, 0.1) is 5.82 Å². The number of halogens is 1. The van der Waals surface area contributed by atoms with Crippen LogP contribution in [0.5, 0.6) is 5.75 Å². The molecular formula is C18H25FO10S. The molecule has 0 radical (unpaired) electrons. The Morgan fingerprint density at radius 3 is 2.17 bits per heavy atom. The fourth-order valence-corrected chi connectivity index (χ4v) is 3.60. The molecule has 6 N–H and O–H groups in total. The molecule has 2 aliphatic rings. The molecule has 10 atom stereocenters. The molecule has 3 rings (SSSR count). The highest BCUT2D eigenvalue weighted by Crippen LogP contribution is 2.30. The van der Waals surface area contributed by atoms with Gasteiger partial charge in [-0.25, -0.2) is 4.39 Å². The van der Waals surface area contributed by atoms with E-state index >= 15 is 0 Å². The van der Waals surface area contributed by atoms with Gasteiger partial charge in [0.05, 0.1) is 6.61 Å². The van der Waals surface area contributed by atoms with E-state index in [1.165, 1.54) is 24.3 Å². The third-order valence-electron chi connectivity index (χ3n) is 5.03. The summed E-state index contributed by atoms with van der Waals surface area (Å²) in [6.45, 7) is -0.860. The minimum absolute atomic E-state index is 0.200. The van der Waals surface area contributed by atoms with E-state index < -0.39 is 73.0 Å². The van der Waals surface area contributed by atoms with Crippen molar-refractivity contribution < 1.29 is 54.0 Å². The van der Waals surface area contributed by atoms with E-state index in [0.717, 1.165) is 0 Å². The van der Waals surface area contributed by atoms with E-state index in [0.29, 0.717) is 5.75 Å². The maximum Gasteiger partial charge on any atom is 0.187 e. The Bertz CT molecular complexity index is 679. The van der Waals surface area contributed by atoms with Crippen molar-refractivity contribution >= 4 is 12.6 Å². The smallest absolute Gasteiger partial charge is 0.187 e. The van der Waals surface area contributed by atoms with E-state index in [4.69, 9.17) is 18.9 Å². The summed E-state index contributed by atoms with van der Waals surface area (Å²) in [5.74, 6) is -0.142. The SMILES string of the molecule is OC[C@H]1O[C@@H](O[C@H]2[C@H](O)[C@@H](O)[C@H](S)O[C@@H]2COc2ccc(F)cc2)[C@H](O)[C@@H](O)[C@@H]1O. The van der Waals surface area contributed by atoms with Gasteiger partial charge in [-0.15, -0.1) is 12.6 Å². The Balaban J connectivity index is 1.73. The molecule has 2 heterocycles. The van der Waals surface area contributed by atoms with E-state index in [-0.39, 0.29) is 6.61 Å². The van der Waals surface area contributed by atoms with Gasteiger partial charge in [-0.2, -0.15) is 0 Å². The molecule has 0 saturated carbocycles. The average Bonchev–Trinajstić information content (AvgIpc) is 2.74. The Labute approximate surface area is 176 Å². The first-order chi connectivity index (χ1) is 14.2. The van der Waals surface area contributed by atoms with E-state index in [1.807, 2.05) is 0 Å². The van der Waals surface area contributed by atoms with Crippen LogP contribution in [0.3, 0.4) is 0 Å². The lowest BCUT2D eigenvalue weighted by molar-refractivity contribution is -0.337. The van der Waals surface area contributed by atoms with Gasteiger partial charge < -0.3 is 49.6 Å². The van der Waals surface area contributed by atoms with Crippen LogP contribution in [0.4, 0.5) is 4.39 Å². The van der Waals surface area contributed by atoms with Crippen LogP contribution in [-0.2, 0) is 14.2 Å². The topological polar surface area (TPSA) is 158 Å². The number of hydrogen-bond donors (Lipinski definition) is 7. The van der Waals surface area contributed by atoms with Gasteiger partial charge in [-0.1, -0.05) is 0 Å². The second-order valence-electron chi connectivity index (χ2n) is 7.11. The molecule has 1 aromatic carbocycles. The van der Waals surface area contributed by atoms with Gasteiger partial charge in [0.15, 0.2) is 6.29 Å². The van der Waals surface area contributed by atoms with Crippen LogP contribution >= 0.6 is 12.6 Å². The summed E-state index contributed by atoms with van der Waals surface area (Å²) in [5.41, 5.74) is -1.07. The maximum absolute atomic E-state index is 13.0. The molecule has 1 aromatic rings. The fourth-order valence-electron chi connectivity index (χ4n) is 3.27. The second kappa shape index (κ2) is 10.0.